The molecule has 7 heteroatoms. The van der Waals surface area contributed by atoms with Gasteiger partial charge in [0.25, 0.3) is 0 Å². The van der Waals surface area contributed by atoms with Gasteiger partial charge in [-0.15, -0.1) is 0 Å². The molecule has 96 valence electrons. The highest BCUT2D eigenvalue weighted by Gasteiger charge is 2.14. The Kier molecular flexibility index (Phi) is 5.24. The normalized spacial score (nSPS) is 9.67. The largest absolute Gasteiger partial charge is 0.392 e. The first-order chi connectivity index (χ1) is 8.40. The van der Waals surface area contributed by atoms with Crippen LogP contribution in [0.2, 0.25) is 0 Å². The molecule has 1 aromatic rings. The summed E-state index contributed by atoms with van der Waals surface area (Å²) in [5.74, 6) is -1.53. The van der Waals surface area contributed by atoms with E-state index in [-0.39, 0.29) is 11.5 Å². The standard InChI is InChI=1S/C11H12BrN3O2S/c1-6-2-3-7(12)4-8(6)15-11(17)10(16)14-5-9(13)18/h2-4H,5H2,1H3,(H2,13,18)(H,14,16)(H,15,17). The zero-order chi connectivity index (χ0) is 13.7. The van der Waals surface area contributed by atoms with E-state index in [9.17, 15) is 9.59 Å². The van der Waals surface area contributed by atoms with Crippen molar-refractivity contribution in [1.29, 1.82) is 0 Å². The van der Waals surface area contributed by atoms with Crippen molar-refractivity contribution < 1.29 is 9.59 Å². The molecule has 0 fully saturated rings. The predicted molar refractivity (Wildman–Crippen MR) is 77.3 cm³/mol. The summed E-state index contributed by atoms with van der Waals surface area (Å²) in [5.41, 5.74) is 6.64. The maximum absolute atomic E-state index is 11.6. The third kappa shape index (κ3) is 4.42. The van der Waals surface area contributed by atoms with Gasteiger partial charge in [0.05, 0.1) is 11.5 Å². The van der Waals surface area contributed by atoms with Crippen LogP contribution in [0.5, 0.6) is 0 Å². The number of halogens is 1. The summed E-state index contributed by atoms with van der Waals surface area (Å²) in [7, 11) is 0. The maximum Gasteiger partial charge on any atom is 0.313 e. The molecule has 0 bridgehead atoms. The van der Waals surface area contributed by atoms with Crippen LogP contribution in [-0.2, 0) is 9.59 Å². The maximum atomic E-state index is 11.6. The van der Waals surface area contributed by atoms with Crippen LogP contribution in [0.25, 0.3) is 0 Å². The number of anilines is 1. The molecule has 1 aromatic carbocycles. The van der Waals surface area contributed by atoms with Gasteiger partial charge >= 0.3 is 11.8 Å². The van der Waals surface area contributed by atoms with Crippen LogP contribution in [-0.4, -0.2) is 23.3 Å². The zero-order valence-corrected chi connectivity index (χ0v) is 12.0. The molecule has 0 aliphatic carbocycles. The van der Waals surface area contributed by atoms with Gasteiger partial charge in [0.15, 0.2) is 0 Å². The Morgan fingerprint density at radius 3 is 2.67 bits per heavy atom. The Balaban J connectivity index is 2.66. The number of nitrogens with two attached hydrogens (primary N) is 1. The molecule has 4 N–H and O–H groups in total. The summed E-state index contributed by atoms with van der Waals surface area (Å²) in [6.45, 7) is 1.83. The number of hydrogen-bond acceptors (Lipinski definition) is 3. The van der Waals surface area contributed by atoms with Crippen LogP contribution in [0.15, 0.2) is 22.7 Å². The molecular weight excluding hydrogens is 318 g/mol. The quantitative estimate of drug-likeness (QED) is 0.572. The second-order valence-electron chi connectivity index (χ2n) is 3.56. The summed E-state index contributed by atoms with van der Waals surface area (Å²) in [6, 6.07) is 5.39. The number of amides is 2. The summed E-state index contributed by atoms with van der Waals surface area (Å²) in [6.07, 6.45) is 0. The molecule has 0 heterocycles. The average molecular weight is 330 g/mol. The Morgan fingerprint density at radius 1 is 1.39 bits per heavy atom. The van der Waals surface area contributed by atoms with Gasteiger partial charge in [0, 0.05) is 10.2 Å². The van der Waals surface area contributed by atoms with E-state index in [2.05, 4.69) is 38.8 Å². The van der Waals surface area contributed by atoms with Gasteiger partial charge in [-0.25, -0.2) is 0 Å². The minimum Gasteiger partial charge on any atom is -0.392 e. The summed E-state index contributed by atoms with van der Waals surface area (Å²) < 4.78 is 0.812. The molecule has 18 heavy (non-hydrogen) atoms. The molecule has 0 saturated carbocycles. The van der Waals surface area contributed by atoms with Crippen LogP contribution in [0.3, 0.4) is 0 Å². The number of carbonyl (C=O) groups excluding carboxylic acids is 2. The van der Waals surface area contributed by atoms with Crippen LogP contribution in [0.1, 0.15) is 5.56 Å². The lowest BCUT2D eigenvalue weighted by Crippen LogP contribution is -2.39. The molecule has 0 spiro atoms. The number of nitrogens with one attached hydrogen (secondary N) is 2. The molecule has 0 atom stereocenters. The van der Waals surface area contributed by atoms with Crippen LogP contribution in [0.4, 0.5) is 5.69 Å². The third-order valence-electron chi connectivity index (χ3n) is 2.08. The lowest BCUT2D eigenvalue weighted by Gasteiger charge is -2.08. The van der Waals surface area contributed by atoms with E-state index < -0.39 is 11.8 Å². The van der Waals surface area contributed by atoms with Gasteiger partial charge in [0.2, 0.25) is 0 Å². The van der Waals surface area contributed by atoms with Crippen molar-refractivity contribution in [2.75, 3.05) is 11.9 Å². The third-order valence-corrected chi connectivity index (χ3v) is 2.71. The van der Waals surface area contributed by atoms with Crippen molar-refractivity contribution in [3.05, 3.63) is 28.2 Å². The Bertz CT molecular complexity index is 505. The van der Waals surface area contributed by atoms with Crippen molar-refractivity contribution in [3.63, 3.8) is 0 Å². The highest BCUT2D eigenvalue weighted by molar-refractivity contribution is 9.10. The number of thiocarbonyl (C=S) groups is 1. The Labute approximate surface area is 118 Å². The van der Waals surface area contributed by atoms with Crippen molar-refractivity contribution in [3.8, 4) is 0 Å². The number of aryl methyl sites for hydroxylation is 1. The molecule has 0 aromatic heterocycles. The summed E-state index contributed by atoms with van der Waals surface area (Å²) in [4.78, 5) is 23.1. The van der Waals surface area contributed by atoms with Crippen molar-refractivity contribution in [2.45, 2.75) is 6.92 Å². The van der Waals surface area contributed by atoms with Gasteiger partial charge in [-0.1, -0.05) is 34.2 Å². The first-order valence-corrected chi connectivity index (χ1v) is 6.24. The van der Waals surface area contributed by atoms with E-state index in [0.717, 1.165) is 10.0 Å². The van der Waals surface area contributed by atoms with E-state index in [0.29, 0.717) is 5.69 Å². The van der Waals surface area contributed by atoms with Crippen LogP contribution < -0.4 is 16.4 Å². The van der Waals surface area contributed by atoms with E-state index in [1.54, 1.807) is 6.07 Å². The fourth-order valence-electron chi connectivity index (χ4n) is 1.16. The fraction of sp³-hybridized carbons (Fsp3) is 0.182. The summed E-state index contributed by atoms with van der Waals surface area (Å²) in [5, 5.41) is 4.82. The van der Waals surface area contributed by atoms with E-state index in [1.807, 2.05) is 19.1 Å². The topological polar surface area (TPSA) is 84.2 Å². The number of carbonyl (C=O) groups is 2. The van der Waals surface area contributed by atoms with Gasteiger partial charge in [-0.2, -0.15) is 0 Å². The molecule has 1 rings (SSSR count). The Hall–Kier alpha value is -1.47. The zero-order valence-electron chi connectivity index (χ0n) is 9.62. The van der Waals surface area contributed by atoms with Gasteiger partial charge < -0.3 is 16.4 Å². The minimum atomic E-state index is -0.776. The second-order valence-corrected chi connectivity index (χ2v) is 5.00. The monoisotopic (exact) mass is 329 g/mol. The second kappa shape index (κ2) is 6.46. The first kappa shape index (κ1) is 14.6. The lowest BCUT2D eigenvalue weighted by molar-refractivity contribution is -0.135. The SMILES string of the molecule is Cc1ccc(Br)cc1NC(=O)C(=O)NCC(N)=S. The molecule has 2 amide bonds. The van der Waals surface area contributed by atoms with E-state index >= 15 is 0 Å². The number of rotatable bonds is 3. The van der Waals surface area contributed by atoms with Crippen LogP contribution in [0, 0.1) is 6.92 Å². The molecule has 0 aliphatic heterocycles. The first-order valence-electron chi connectivity index (χ1n) is 5.04. The fourth-order valence-corrected chi connectivity index (χ4v) is 1.59. The highest BCUT2D eigenvalue weighted by atomic mass is 79.9. The van der Waals surface area contributed by atoms with Gasteiger partial charge in [-0.3, -0.25) is 9.59 Å². The molecule has 5 nitrogen and oxygen atoms in total. The van der Waals surface area contributed by atoms with Crippen LogP contribution >= 0.6 is 28.1 Å². The summed E-state index contributed by atoms with van der Waals surface area (Å²) >= 11 is 7.88. The minimum absolute atomic E-state index is 0.000940. The lowest BCUT2D eigenvalue weighted by atomic mass is 10.2. The molecule has 0 unspecified atom stereocenters. The molecule has 0 aliphatic rings. The van der Waals surface area contributed by atoms with E-state index in [4.69, 9.17) is 5.73 Å². The number of hydrogen-bond donors (Lipinski definition) is 3. The van der Waals surface area contributed by atoms with E-state index in [1.165, 1.54) is 0 Å². The van der Waals surface area contributed by atoms with Crippen molar-refractivity contribution in [1.82, 2.24) is 5.32 Å². The van der Waals surface area contributed by atoms with Gasteiger partial charge in [0.1, 0.15) is 0 Å². The Morgan fingerprint density at radius 2 is 2.06 bits per heavy atom. The smallest absolute Gasteiger partial charge is 0.313 e. The number of benzene rings is 1. The molecule has 0 saturated heterocycles. The average Bonchev–Trinajstić information content (AvgIpc) is 2.30. The van der Waals surface area contributed by atoms with Crippen molar-refractivity contribution >= 4 is 50.6 Å². The highest BCUT2D eigenvalue weighted by Crippen LogP contribution is 2.20. The van der Waals surface area contributed by atoms with Crippen molar-refractivity contribution in [2.24, 2.45) is 5.73 Å². The van der Waals surface area contributed by atoms with Gasteiger partial charge in [-0.05, 0) is 24.6 Å². The molecule has 0 radical (unpaired) electrons. The molecular formula is C11H12BrN3O2S. The predicted octanol–water partition coefficient (Wildman–Crippen LogP) is 1.10.